The van der Waals surface area contributed by atoms with Crippen molar-refractivity contribution in [2.24, 2.45) is 5.92 Å². The first-order valence-corrected chi connectivity index (χ1v) is 7.48. The van der Waals surface area contributed by atoms with E-state index in [-0.39, 0.29) is 28.5 Å². The van der Waals surface area contributed by atoms with Gasteiger partial charge in [-0.25, -0.2) is 4.39 Å². The van der Waals surface area contributed by atoms with Gasteiger partial charge in [-0.3, -0.25) is 4.79 Å². The monoisotopic (exact) mass is 357 g/mol. The van der Waals surface area contributed by atoms with E-state index in [2.05, 4.69) is 5.32 Å². The highest BCUT2D eigenvalue weighted by Gasteiger charge is 2.46. The fourth-order valence-electron chi connectivity index (χ4n) is 2.64. The molecule has 0 saturated heterocycles. The van der Waals surface area contributed by atoms with E-state index in [9.17, 15) is 22.4 Å². The van der Waals surface area contributed by atoms with Crippen molar-refractivity contribution in [1.82, 2.24) is 5.32 Å². The van der Waals surface area contributed by atoms with Gasteiger partial charge in [-0.1, -0.05) is 36.0 Å². The van der Waals surface area contributed by atoms with Gasteiger partial charge in [-0.2, -0.15) is 13.2 Å². The lowest BCUT2D eigenvalue weighted by molar-refractivity contribution is -0.187. The number of carbonyl (C=O) groups is 1. The summed E-state index contributed by atoms with van der Waals surface area (Å²) in [5, 5.41) is 1.96. The third-order valence-corrected chi connectivity index (χ3v) is 4.36. The Labute approximate surface area is 134 Å². The summed E-state index contributed by atoms with van der Waals surface area (Å²) >= 11 is 11.3. The maximum atomic E-state index is 13.4. The molecule has 2 nitrogen and oxygen atoms in total. The van der Waals surface area contributed by atoms with Crippen molar-refractivity contribution < 1.29 is 22.4 Å². The highest BCUT2D eigenvalue weighted by atomic mass is 35.5. The summed E-state index contributed by atoms with van der Waals surface area (Å²) in [6.45, 7) is 0. The first-order chi connectivity index (χ1) is 10.2. The standard InChI is InChI=1S/C14H13Cl2F4NO/c15-9-6-10(16)11(17)5-7(9)13(22)21-12-4-2-1-3-8(12)14(18,19)20/h5-6,8,12H,1-4H2,(H,21,22)/t8-,12+/m0/s1. The minimum atomic E-state index is -4.38. The average Bonchev–Trinajstić information content (AvgIpc) is 2.42. The molecule has 122 valence electrons. The number of hydrogen-bond acceptors (Lipinski definition) is 1. The number of nitrogens with one attached hydrogen (secondary N) is 1. The highest BCUT2D eigenvalue weighted by molar-refractivity contribution is 6.36. The number of carbonyl (C=O) groups excluding carboxylic acids is 1. The first-order valence-electron chi connectivity index (χ1n) is 6.72. The number of rotatable bonds is 2. The second kappa shape index (κ2) is 6.62. The Morgan fingerprint density at radius 1 is 1.14 bits per heavy atom. The lowest BCUT2D eigenvalue weighted by Gasteiger charge is -2.33. The average molecular weight is 358 g/mol. The molecule has 1 fully saturated rings. The smallest absolute Gasteiger partial charge is 0.349 e. The number of hydrogen-bond donors (Lipinski definition) is 1. The van der Waals surface area contributed by atoms with E-state index in [1.807, 2.05) is 0 Å². The minimum Gasteiger partial charge on any atom is -0.349 e. The summed E-state index contributed by atoms with van der Waals surface area (Å²) in [6.07, 6.45) is -3.12. The van der Waals surface area contributed by atoms with Crippen LogP contribution in [0.2, 0.25) is 10.0 Å². The molecule has 1 aromatic rings. The van der Waals surface area contributed by atoms with E-state index in [4.69, 9.17) is 23.2 Å². The van der Waals surface area contributed by atoms with Crippen LogP contribution in [-0.4, -0.2) is 18.1 Å². The first kappa shape index (κ1) is 17.3. The molecule has 0 heterocycles. The maximum Gasteiger partial charge on any atom is 0.393 e. The van der Waals surface area contributed by atoms with Gasteiger partial charge in [0.05, 0.1) is 21.5 Å². The van der Waals surface area contributed by atoms with Gasteiger partial charge < -0.3 is 5.32 Å². The van der Waals surface area contributed by atoms with Gasteiger partial charge in [0, 0.05) is 6.04 Å². The Morgan fingerprint density at radius 2 is 1.77 bits per heavy atom. The van der Waals surface area contributed by atoms with Crippen LogP contribution >= 0.6 is 23.2 Å². The summed E-state index contributed by atoms with van der Waals surface area (Å²) in [5.41, 5.74) is -0.227. The molecule has 1 amide bonds. The number of amides is 1. The predicted molar refractivity (Wildman–Crippen MR) is 75.7 cm³/mol. The molecule has 1 aliphatic rings. The van der Waals surface area contributed by atoms with Crippen molar-refractivity contribution in [1.29, 1.82) is 0 Å². The maximum absolute atomic E-state index is 13.4. The van der Waals surface area contributed by atoms with Crippen LogP contribution in [0, 0.1) is 11.7 Å². The molecule has 22 heavy (non-hydrogen) atoms. The molecule has 1 N–H and O–H groups in total. The molecule has 8 heteroatoms. The molecule has 0 unspecified atom stereocenters. The third-order valence-electron chi connectivity index (χ3n) is 3.76. The van der Waals surface area contributed by atoms with Gasteiger partial charge >= 0.3 is 6.18 Å². The minimum absolute atomic E-state index is 0.0306. The van der Waals surface area contributed by atoms with E-state index >= 15 is 0 Å². The van der Waals surface area contributed by atoms with Gasteiger partial charge in [0.25, 0.3) is 5.91 Å². The Morgan fingerprint density at radius 3 is 2.41 bits per heavy atom. The molecule has 0 radical (unpaired) electrons. The topological polar surface area (TPSA) is 29.1 Å². The van der Waals surface area contributed by atoms with Gasteiger partial charge in [-0.15, -0.1) is 0 Å². The Balaban J connectivity index is 2.18. The molecule has 1 aliphatic carbocycles. The van der Waals surface area contributed by atoms with Gasteiger partial charge in [-0.05, 0) is 25.0 Å². The van der Waals surface area contributed by atoms with E-state index in [1.165, 1.54) is 0 Å². The van der Waals surface area contributed by atoms with Crippen molar-refractivity contribution in [2.75, 3.05) is 0 Å². The number of benzene rings is 1. The Hall–Kier alpha value is -1.01. The van der Waals surface area contributed by atoms with Gasteiger partial charge in [0.2, 0.25) is 0 Å². The van der Waals surface area contributed by atoms with Crippen LogP contribution in [0.15, 0.2) is 12.1 Å². The van der Waals surface area contributed by atoms with Crippen LogP contribution in [0.4, 0.5) is 17.6 Å². The number of halogens is 6. The van der Waals surface area contributed by atoms with E-state index in [0.29, 0.717) is 12.8 Å². The number of alkyl halides is 3. The van der Waals surface area contributed by atoms with Crippen molar-refractivity contribution >= 4 is 29.1 Å². The molecule has 2 rings (SSSR count). The Kier molecular flexibility index (Phi) is 5.22. The van der Waals surface area contributed by atoms with E-state index < -0.39 is 29.9 Å². The third kappa shape index (κ3) is 3.84. The van der Waals surface area contributed by atoms with Crippen LogP contribution in [0.5, 0.6) is 0 Å². The predicted octanol–water partition coefficient (Wildman–Crippen LogP) is 4.98. The summed E-state index contributed by atoms with van der Waals surface area (Å²) < 4.78 is 52.4. The summed E-state index contributed by atoms with van der Waals surface area (Å²) in [4.78, 5) is 12.1. The molecule has 0 aromatic heterocycles. The van der Waals surface area contributed by atoms with Crippen LogP contribution < -0.4 is 5.32 Å². The van der Waals surface area contributed by atoms with Crippen molar-refractivity contribution in [3.05, 3.63) is 33.6 Å². The van der Waals surface area contributed by atoms with Gasteiger partial charge in [0.1, 0.15) is 5.82 Å². The largest absolute Gasteiger partial charge is 0.393 e. The van der Waals surface area contributed by atoms with Crippen LogP contribution in [-0.2, 0) is 0 Å². The molecule has 1 saturated carbocycles. The van der Waals surface area contributed by atoms with Crippen LogP contribution in [0.25, 0.3) is 0 Å². The SMILES string of the molecule is O=C(N[C@@H]1CCCC[C@@H]1C(F)(F)F)c1cc(F)c(Cl)cc1Cl. The van der Waals surface area contributed by atoms with Crippen LogP contribution in [0.3, 0.4) is 0 Å². The molecule has 2 atom stereocenters. The summed E-state index contributed by atoms with van der Waals surface area (Å²) in [5.74, 6) is -3.28. The molecule has 0 aliphatic heterocycles. The lowest BCUT2D eigenvalue weighted by Crippen LogP contribution is -2.47. The summed E-state index contributed by atoms with van der Waals surface area (Å²) in [6, 6.07) is 0.844. The second-order valence-corrected chi connectivity index (χ2v) is 6.07. The molecular weight excluding hydrogens is 345 g/mol. The van der Waals surface area contributed by atoms with Crippen LogP contribution in [0.1, 0.15) is 36.0 Å². The highest BCUT2D eigenvalue weighted by Crippen LogP contribution is 2.38. The quantitative estimate of drug-likeness (QED) is 0.586. The van der Waals surface area contributed by atoms with E-state index in [1.54, 1.807) is 0 Å². The van der Waals surface area contributed by atoms with Crippen molar-refractivity contribution in [3.8, 4) is 0 Å². The van der Waals surface area contributed by atoms with Crippen molar-refractivity contribution in [2.45, 2.75) is 37.9 Å². The van der Waals surface area contributed by atoms with Crippen molar-refractivity contribution in [3.63, 3.8) is 0 Å². The molecule has 1 aromatic carbocycles. The summed E-state index contributed by atoms with van der Waals surface area (Å²) in [7, 11) is 0. The normalized spacial score (nSPS) is 22.5. The second-order valence-electron chi connectivity index (χ2n) is 5.26. The van der Waals surface area contributed by atoms with Gasteiger partial charge in [0.15, 0.2) is 0 Å². The zero-order chi connectivity index (χ0) is 16.5. The lowest BCUT2D eigenvalue weighted by atomic mass is 9.84. The molecule has 0 spiro atoms. The Bertz CT molecular complexity index is 577. The fraction of sp³-hybridized carbons (Fsp3) is 0.500. The fourth-order valence-corrected chi connectivity index (χ4v) is 3.11. The molecule has 0 bridgehead atoms. The van der Waals surface area contributed by atoms with E-state index in [0.717, 1.165) is 12.1 Å². The molecular formula is C14H13Cl2F4NO. The zero-order valence-corrected chi connectivity index (χ0v) is 12.8. The zero-order valence-electron chi connectivity index (χ0n) is 11.3.